The van der Waals surface area contributed by atoms with Crippen molar-refractivity contribution in [3.63, 3.8) is 0 Å². The molecule has 0 aromatic heterocycles. The van der Waals surface area contributed by atoms with Gasteiger partial charge in [-0.25, -0.2) is 4.39 Å². The smallest absolute Gasteiger partial charge is 0.255 e. The van der Waals surface area contributed by atoms with Crippen LogP contribution in [0.25, 0.3) is 0 Å². The minimum Gasteiger partial charge on any atom is -0.493 e. The molecule has 0 bridgehead atoms. The van der Waals surface area contributed by atoms with Crippen molar-refractivity contribution in [3.05, 3.63) is 59.9 Å². The van der Waals surface area contributed by atoms with Gasteiger partial charge < -0.3 is 30.7 Å². The summed E-state index contributed by atoms with van der Waals surface area (Å²) in [5.74, 6) is -1.58. The summed E-state index contributed by atoms with van der Waals surface area (Å²) in [6, 6.07) is 10.0. The molecule has 0 aliphatic carbocycles. The third kappa shape index (κ3) is 9.59. The van der Waals surface area contributed by atoms with Gasteiger partial charge in [-0.2, -0.15) is 0 Å². The van der Waals surface area contributed by atoms with Gasteiger partial charge in [0.1, 0.15) is 36.0 Å². The number of nitrogens with one attached hydrogen (secondary N) is 4. The summed E-state index contributed by atoms with van der Waals surface area (Å²) in [6.45, 7) is 4.61. The Morgan fingerprint density at radius 2 is 1.85 bits per heavy atom. The number of para-hydroxylation sites is 1. The van der Waals surface area contributed by atoms with Gasteiger partial charge >= 0.3 is 0 Å². The molecule has 11 heteroatoms. The number of benzene rings is 2. The molecule has 39 heavy (non-hydrogen) atoms. The standard InChI is InChI=1S/C28H35FN4O6/c1-18(2)16-22-27(36)30-12-5-14-39-24-7-4-3-6-21(24)26(35)33-23(17-25(34)32-22)28(37)31-13-15-38-20-10-8-19(29)9-11-20/h3-4,6-11,18,22-23H,5,12-17H2,1-2H3,(H,30,36)(H,31,37)(H,32,34)(H,33,35)/t22-,23-/m0/s1. The molecule has 1 aliphatic heterocycles. The van der Waals surface area contributed by atoms with Crippen molar-refractivity contribution in [1.29, 1.82) is 0 Å². The molecule has 2 atom stereocenters. The Morgan fingerprint density at radius 3 is 2.59 bits per heavy atom. The summed E-state index contributed by atoms with van der Waals surface area (Å²) < 4.78 is 24.3. The molecule has 0 saturated heterocycles. The maximum absolute atomic E-state index is 13.1. The second-order valence-electron chi connectivity index (χ2n) is 9.56. The largest absolute Gasteiger partial charge is 0.493 e. The molecule has 2 aromatic rings. The molecule has 210 valence electrons. The van der Waals surface area contributed by atoms with Crippen LogP contribution in [0.1, 0.15) is 43.5 Å². The first-order valence-corrected chi connectivity index (χ1v) is 13.0. The summed E-state index contributed by atoms with van der Waals surface area (Å²) in [7, 11) is 0. The Labute approximate surface area is 227 Å². The fourth-order valence-electron chi connectivity index (χ4n) is 3.95. The monoisotopic (exact) mass is 542 g/mol. The molecule has 4 N–H and O–H groups in total. The zero-order valence-electron chi connectivity index (χ0n) is 22.1. The number of hydrogen-bond donors (Lipinski definition) is 4. The summed E-state index contributed by atoms with van der Waals surface area (Å²) in [5.41, 5.74) is 0.215. The average Bonchev–Trinajstić information content (AvgIpc) is 2.90. The number of ether oxygens (including phenoxy) is 2. The van der Waals surface area contributed by atoms with Gasteiger partial charge in [0, 0.05) is 6.54 Å². The molecule has 0 saturated carbocycles. The SMILES string of the molecule is CC(C)C[C@@H]1NC(=O)C[C@@H](C(=O)NCCOc2ccc(F)cc2)NC(=O)c2ccccc2OCCCNC1=O. The van der Waals surface area contributed by atoms with Gasteiger partial charge in [-0.1, -0.05) is 26.0 Å². The van der Waals surface area contributed by atoms with E-state index in [1.807, 2.05) is 13.8 Å². The molecular formula is C28H35FN4O6. The molecule has 0 radical (unpaired) electrons. The van der Waals surface area contributed by atoms with E-state index >= 15 is 0 Å². The zero-order chi connectivity index (χ0) is 28.2. The minimum absolute atomic E-state index is 0.0717. The van der Waals surface area contributed by atoms with Crippen LogP contribution < -0.4 is 30.7 Å². The molecular weight excluding hydrogens is 507 g/mol. The molecule has 0 spiro atoms. The van der Waals surface area contributed by atoms with Crippen molar-refractivity contribution < 1.29 is 33.0 Å². The van der Waals surface area contributed by atoms with Gasteiger partial charge in [-0.05, 0) is 55.2 Å². The minimum atomic E-state index is -1.23. The molecule has 3 rings (SSSR count). The van der Waals surface area contributed by atoms with Crippen molar-refractivity contribution in [2.45, 2.75) is 45.2 Å². The molecule has 2 aromatic carbocycles. The van der Waals surface area contributed by atoms with Gasteiger partial charge in [-0.3, -0.25) is 19.2 Å². The van der Waals surface area contributed by atoms with Gasteiger partial charge in [0.25, 0.3) is 5.91 Å². The van der Waals surface area contributed by atoms with Crippen molar-refractivity contribution in [2.24, 2.45) is 5.92 Å². The van der Waals surface area contributed by atoms with Crippen molar-refractivity contribution in [3.8, 4) is 11.5 Å². The molecule has 1 heterocycles. The normalized spacial score (nSPS) is 18.8. The summed E-state index contributed by atoms with van der Waals surface area (Å²) in [4.78, 5) is 51.9. The number of carbonyl (C=O) groups is 4. The van der Waals surface area contributed by atoms with Crippen molar-refractivity contribution in [1.82, 2.24) is 21.3 Å². The van der Waals surface area contributed by atoms with Crippen LogP contribution in [0.15, 0.2) is 48.5 Å². The highest BCUT2D eigenvalue weighted by Gasteiger charge is 2.28. The number of fused-ring (bicyclic) bond motifs is 1. The van der Waals surface area contributed by atoms with E-state index in [2.05, 4.69) is 21.3 Å². The quantitative estimate of drug-likeness (QED) is 0.395. The van der Waals surface area contributed by atoms with E-state index in [9.17, 15) is 23.6 Å². The van der Waals surface area contributed by atoms with Crippen molar-refractivity contribution >= 4 is 23.6 Å². The van der Waals surface area contributed by atoms with E-state index in [1.165, 1.54) is 24.3 Å². The van der Waals surface area contributed by atoms with Gasteiger partial charge in [0.15, 0.2) is 0 Å². The Hall–Kier alpha value is -4.15. The predicted octanol–water partition coefficient (Wildman–Crippen LogP) is 1.94. The van der Waals surface area contributed by atoms with Crippen LogP contribution in [-0.4, -0.2) is 62.0 Å². The van der Waals surface area contributed by atoms with Gasteiger partial charge in [0.05, 0.1) is 25.1 Å². The number of hydrogen-bond acceptors (Lipinski definition) is 6. The lowest BCUT2D eigenvalue weighted by Gasteiger charge is -2.22. The first-order chi connectivity index (χ1) is 18.7. The van der Waals surface area contributed by atoms with Crippen molar-refractivity contribution in [2.75, 3.05) is 26.3 Å². The van der Waals surface area contributed by atoms with E-state index in [4.69, 9.17) is 9.47 Å². The van der Waals surface area contributed by atoms with Crippen LogP contribution in [0.2, 0.25) is 0 Å². The zero-order valence-corrected chi connectivity index (χ0v) is 22.1. The van der Waals surface area contributed by atoms with Gasteiger partial charge in [0.2, 0.25) is 17.7 Å². The topological polar surface area (TPSA) is 135 Å². The van der Waals surface area contributed by atoms with E-state index in [1.54, 1.807) is 24.3 Å². The number of halogens is 1. The van der Waals surface area contributed by atoms with Crippen LogP contribution in [0.5, 0.6) is 11.5 Å². The second kappa shape index (κ2) is 14.7. The lowest BCUT2D eigenvalue weighted by atomic mass is 10.0. The highest BCUT2D eigenvalue weighted by Crippen LogP contribution is 2.19. The number of amides is 4. The molecule has 0 unspecified atom stereocenters. The Morgan fingerprint density at radius 1 is 1.10 bits per heavy atom. The van der Waals surface area contributed by atoms with Crippen LogP contribution >= 0.6 is 0 Å². The van der Waals surface area contributed by atoms with Crippen LogP contribution in [0.4, 0.5) is 4.39 Å². The molecule has 1 aliphatic rings. The Balaban J connectivity index is 1.74. The fourth-order valence-corrected chi connectivity index (χ4v) is 3.95. The van der Waals surface area contributed by atoms with Crippen LogP contribution in [-0.2, 0) is 14.4 Å². The summed E-state index contributed by atoms with van der Waals surface area (Å²) >= 11 is 0. The number of carbonyl (C=O) groups excluding carboxylic acids is 4. The Bertz CT molecular complexity index is 1140. The summed E-state index contributed by atoms with van der Waals surface area (Å²) in [5, 5.41) is 10.8. The highest BCUT2D eigenvalue weighted by atomic mass is 19.1. The third-order valence-corrected chi connectivity index (χ3v) is 5.86. The molecule has 0 fully saturated rings. The average molecular weight is 543 g/mol. The first-order valence-electron chi connectivity index (χ1n) is 13.0. The molecule has 10 nitrogen and oxygen atoms in total. The van der Waals surface area contributed by atoms with E-state index in [0.717, 1.165) is 0 Å². The second-order valence-corrected chi connectivity index (χ2v) is 9.56. The maximum Gasteiger partial charge on any atom is 0.255 e. The van der Waals surface area contributed by atoms with Crippen LogP contribution in [0.3, 0.4) is 0 Å². The Kier molecular flexibility index (Phi) is 11.1. The number of rotatable bonds is 7. The molecule has 4 amide bonds. The fraction of sp³-hybridized carbons (Fsp3) is 0.429. The first kappa shape index (κ1) is 29.4. The summed E-state index contributed by atoms with van der Waals surface area (Å²) in [6.07, 6.45) is 0.514. The predicted molar refractivity (Wildman–Crippen MR) is 142 cm³/mol. The van der Waals surface area contributed by atoms with E-state index in [-0.39, 0.29) is 43.6 Å². The maximum atomic E-state index is 13.1. The third-order valence-electron chi connectivity index (χ3n) is 5.86. The van der Waals surface area contributed by atoms with E-state index in [0.29, 0.717) is 30.9 Å². The van der Waals surface area contributed by atoms with E-state index < -0.39 is 35.6 Å². The highest BCUT2D eigenvalue weighted by molar-refractivity contribution is 6.01. The van der Waals surface area contributed by atoms with Gasteiger partial charge in [-0.15, -0.1) is 0 Å². The lowest BCUT2D eigenvalue weighted by Crippen LogP contribution is -2.52. The lowest BCUT2D eigenvalue weighted by molar-refractivity contribution is -0.131. The van der Waals surface area contributed by atoms with Crippen LogP contribution in [0, 0.1) is 11.7 Å².